The largest absolute Gasteiger partial charge is 0.399 e. The maximum absolute atomic E-state index is 10.7. The Labute approximate surface area is 151 Å². The van der Waals surface area contributed by atoms with Crippen LogP contribution in [0.25, 0.3) is 0 Å². The smallest absolute Gasteiger partial charge is 0.238 e. The Morgan fingerprint density at radius 2 is 1.50 bits per heavy atom. The van der Waals surface area contributed by atoms with Crippen molar-refractivity contribution in [2.75, 3.05) is 17.2 Å². The monoisotopic (exact) mass is 372 g/mol. The van der Waals surface area contributed by atoms with Crippen molar-refractivity contribution >= 4 is 27.5 Å². The van der Waals surface area contributed by atoms with Crippen LogP contribution in [0, 0.1) is 0 Å². The van der Waals surface area contributed by atoms with E-state index in [0.29, 0.717) is 11.5 Å². The average Bonchev–Trinajstić information content (AvgIpc) is 2.59. The highest BCUT2D eigenvalue weighted by Gasteiger charge is 2.05. The van der Waals surface area contributed by atoms with Gasteiger partial charge in [-0.3, -0.25) is 0 Å². The Hall–Kier alpha value is -3.17. The van der Waals surface area contributed by atoms with Crippen molar-refractivity contribution in [3.05, 3.63) is 71.9 Å². The summed E-state index contributed by atoms with van der Waals surface area (Å²) >= 11 is 0. The lowest BCUT2D eigenvalue weighted by atomic mass is 10.1. The molecule has 0 bridgehead atoms. The van der Waals surface area contributed by atoms with Gasteiger partial charge in [-0.2, -0.15) is 4.98 Å². The standard InChI is InChI=1S/C11H12N4.C6H8N2O2S/c12-10-9(7-14-11(13)15-10)6-8-4-2-1-3-5-8;7-5-1-3-6(4-2-5)11(8,9)10/h1-5,7H,6H2,(H4,12,13,14,15);1-4H,7H2,(H2,8,9,10). The summed E-state index contributed by atoms with van der Waals surface area (Å²) in [5.41, 5.74) is 19.1. The van der Waals surface area contributed by atoms with E-state index in [4.69, 9.17) is 22.3 Å². The van der Waals surface area contributed by atoms with Crippen LogP contribution in [0.5, 0.6) is 0 Å². The highest BCUT2D eigenvalue weighted by molar-refractivity contribution is 7.89. The van der Waals surface area contributed by atoms with E-state index in [1.807, 2.05) is 30.3 Å². The molecule has 0 atom stereocenters. The third-order valence-corrected chi connectivity index (χ3v) is 4.29. The molecule has 0 fully saturated rings. The van der Waals surface area contributed by atoms with Crippen LogP contribution < -0.4 is 22.3 Å². The third-order valence-electron chi connectivity index (χ3n) is 3.36. The lowest BCUT2D eigenvalue weighted by Gasteiger charge is -2.04. The number of nitrogens with zero attached hydrogens (tertiary/aromatic N) is 2. The fourth-order valence-electron chi connectivity index (χ4n) is 2.04. The summed E-state index contributed by atoms with van der Waals surface area (Å²) in [5, 5.41) is 4.84. The molecule has 136 valence electrons. The van der Waals surface area contributed by atoms with Crippen LogP contribution in [0.1, 0.15) is 11.1 Å². The van der Waals surface area contributed by atoms with Crippen LogP contribution in [0.15, 0.2) is 65.7 Å². The van der Waals surface area contributed by atoms with E-state index < -0.39 is 10.0 Å². The van der Waals surface area contributed by atoms with Gasteiger partial charge in [-0.15, -0.1) is 0 Å². The number of benzene rings is 2. The zero-order valence-corrected chi connectivity index (χ0v) is 14.7. The van der Waals surface area contributed by atoms with Crippen LogP contribution in [-0.2, 0) is 16.4 Å². The lowest BCUT2D eigenvalue weighted by molar-refractivity contribution is 0.598. The number of hydrogen-bond donors (Lipinski definition) is 4. The molecule has 0 saturated carbocycles. The molecular formula is C17H20N6O2S. The molecule has 8 nitrogen and oxygen atoms in total. The first-order valence-electron chi connectivity index (χ1n) is 7.55. The number of nitrogen functional groups attached to an aromatic ring is 3. The molecule has 2 aromatic carbocycles. The van der Waals surface area contributed by atoms with Gasteiger partial charge in [0.1, 0.15) is 5.82 Å². The predicted molar refractivity (Wildman–Crippen MR) is 102 cm³/mol. The number of rotatable bonds is 3. The second-order valence-electron chi connectivity index (χ2n) is 5.42. The van der Waals surface area contributed by atoms with Crippen LogP contribution in [0.4, 0.5) is 17.5 Å². The van der Waals surface area contributed by atoms with Crippen LogP contribution >= 0.6 is 0 Å². The van der Waals surface area contributed by atoms with Gasteiger partial charge >= 0.3 is 0 Å². The number of primary sulfonamides is 1. The molecule has 26 heavy (non-hydrogen) atoms. The van der Waals surface area contributed by atoms with E-state index in [1.54, 1.807) is 6.20 Å². The van der Waals surface area contributed by atoms with Crippen molar-refractivity contribution in [3.8, 4) is 0 Å². The fraction of sp³-hybridized carbons (Fsp3) is 0.0588. The first-order chi connectivity index (χ1) is 12.3. The topological polar surface area (TPSA) is 164 Å². The Balaban J connectivity index is 0.000000197. The van der Waals surface area contributed by atoms with E-state index in [0.717, 1.165) is 12.0 Å². The van der Waals surface area contributed by atoms with E-state index >= 15 is 0 Å². The predicted octanol–water partition coefficient (Wildman–Crippen LogP) is 1.15. The number of anilines is 3. The Bertz CT molecular complexity index is 960. The second kappa shape index (κ2) is 8.28. The van der Waals surface area contributed by atoms with Gasteiger partial charge in [-0.1, -0.05) is 30.3 Å². The maximum Gasteiger partial charge on any atom is 0.238 e. The molecule has 0 radical (unpaired) electrons. The SMILES string of the molecule is Nc1ccc(S(N)(=O)=O)cc1.Nc1ncc(Cc2ccccc2)c(N)n1. The number of aromatic nitrogens is 2. The molecule has 3 rings (SSSR count). The zero-order valence-electron chi connectivity index (χ0n) is 13.9. The normalized spacial score (nSPS) is 10.7. The van der Waals surface area contributed by atoms with Gasteiger partial charge < -0.3 is 17.2 Å². The van der Waals surface area contributed by atoms with Gasteiger partial charge in [0, 0.05) is 23.9 Å². The average molecular weight is 372 g/mol. The van der Waals surface area contributed by atoms with E-state index in [1.165, 1.54) is 29.8 Å². The summed E-state index contributed by atoms with van der Waals surface area (Å²) in [6.45, 7) is 0. The minimum Gasteiger partial charge on any atom is -0.399 e. The minimum atomic E-state index is -3.58. The summed E-state index contributed by atoms with van der Waals surface area (Å²) in [4.78, 5) is 7.91. The summed E-state index contributed by atoms with van der Waals surface area (Å²) < 4.78 is 21.4. The summed E-state index contributed by atoms with van der Waals surface area (Å²) in [5.74, 6) is 0.663. The first-order valence-corrected chi connectivity index (χ1v) is 9.09. The number of hydrogen-bond acceptors (Lipinski definition) is 7. The second-order valence-corrected chi connectivity index (χ2v) is 6.98. The van der Waals surface area contributed by atoms with Gasteiger partial charge in [0.15, 0.2) is 0 Å². The maximum atomic E-state index is 10.7. The van der Waals surface area contributed by atoms with Gasteiger partial charge in [-0.05, 0) is 29.8 Å². The van der Waals surface area contributed by atoms with Crippen molar-refractivity contribution in [3.63, 3.8) is 0 Å². The molecule has 0 unspecified atom stereocenters. The molecule has 1 aromatic heterocycles. The highest BCUT2D eigenvalue weighted by Crippen LogP contribution is 2.14. The van der Waals surface area contributed by atoms with E-state index in [9.17, 15) is 8.42 Å². The molecule has 8 N–H and O–H groups in total. The Morgan fingerprint density at radius 3 is 2.04 bits per heavy atom. The van der Waals surface area contributed by atoms with Crippen LogP contribution in [0.3, 0.4) is 0 Å². The minimum absolute atomic E-state index is 0.0756. The first kappa shape index (κ1) is 19.2. The van der Waals surface area contributed by atoms with Crippen molar-refractivity contribution in [1.29, 1.82) is 0 Å². The van der Waals surface area contributed by atoms with Crippen molar-refractivity contribution in [1.82, 2.24) is 9.97 Å². The molecule has 0 amide bonds. The van der Waals surface area contributed by atoms with Crippen molar-refractivity contribution in [2.24, 2.45) is 5.14 Å². The molecule has 0 aliphatic heterocycles. The van der Waals surface area contributed by atoms with Gasteiger partial charge in [0.2, 0.25) is 16.0 Å². The van der Waals surface area contributed by atoms with Crippen molar-refractivity contribution < 1.29 is 8.42 Å². The quantitative estimate of drug-likeness (QED) is 0.501. The van der Waals surface area contributed by atoms with Gasteiger partial charge in [-0.25, -0.2) is 18.5 Å². The van der Waals surface area contributed by atoms with Gasteiger partial charge in [0.25, 0.3) is 0 Å². The third kappa shape index (κ3) is 5.72. The highest BCUT2D eigenvalue weighted by atomic mass is 32.2. The molecule has 9 heteroatoms. The molecule has 1 heterocycles. The summed E-state index contributed by atoms with van der Waals surface area (Å²) in [6, 6.07) is 15.7. The molecule has 0 aliphatic carbocycles. The fourth-order valence-corrected chi connectivity index (χ4v) is 2.56. The van der Waals surface area contributed by atoms with E-state index in [-0.39, 0.29) is 10.8 Å². The molecule has 0 aliphatic rings. The number of nitrogens with two attached hydrogens (primary N) is 4. The number of sulfonamides is 1. The molecule has 0 saturated heterocycles. The van der Waals surface area contributed by atoms with E-state index in [2.05, 4.69) is 9.97 Å². The Morgan fingerprint density at radius 1 is 0.885 bits per heavy atom. The summed E-state index contributed by atoms with van der Waals surface area (Å²) in [6.07, 6.45) is 2.40. The molecule has 3 aromatic rings. The zero-order chi connectivity index (χ0) is 19.2. The molecular weight excluding hydrogens is 352 g/mol. The van der Waals surface area contributed by atoms with Crippen LogP contribution in [0.2, 0.25) is 0 Å². The Kier molecular flexibility index (Phi) is 6.10. The molecule has 0 spiro atoms. The van der Waals surface area contributed by atoms with Crippen molar-refractivity contribution in [2.45, 2.75) is 11.3 Å². The lowest BCUT2D eigenvalue weighted by Crippen LogP contribution is -2.11. The van der Waals surface area contributed by atoms with Gasteiger partial charge in [0.05, 0.1) is 4.90 Å². The van der Waals surface area contributed by atoms with Crippen LogP contribution in [-0.4, -0.2) is 18.4 Å². The summed E-state index contributed by atoms with van der Waals surface area (Å²) in [7, 11) is -3.58.